The van der Waals surface area contributed by atoms with Crippen molar-refractivity contribution in [1.29, 1.82) is 0 Å². The van der Waals surface area contributed by atoms with E-state index in [1.165, 1.54) is 17.7 Å². The maximum Gasteiger partial charge on any atom is 0.214 e. The number of nitrogens with zero attached hydrogens (tertiary/aromatic N) is 2. The van der Waals surface area contributed by atoms with Crippen molar-refractivity contribution in [3.63, 3.8) is 0 Å². The van der Waals surface area contributed by atoms with Crippen LogP contribution < -0.4 is 0 Å². The molecule has 0 aromatic heterocycles. The molecule has 0 aromatic rings. The van der Waals surface area contributed by atoms with Gasteiger partial charge in [0.1, 0.15) is 11.6 Å². The van der Waals surface area contributed by atoms with Crippen molar-refractivity contribution in [2.45, 2.75) is 31.7 Å². The third-order valence-corrected chi connectivity index (χ3v) is 3.31. The molecule has 0 saturated carbocycles. The molecule has 0 bridgehead atoms. The lowest BCUT2D eigenvalue weighted by molar-refractivity contribution is -0.117. The van der Waals surface area contributed by atoms with Crippen LogP contribution in [0, 0.1) is 0 Å². The normalized spacial score (nSPS) is 27.9. The summed E-state index contributed by atoms with van der Waals surface area (Å²) in [6, 6.07) is 0.129. The van der Waals surface area contributed by atoms with Gasteiger partial charge in [0.15, 0.2) is 0 Å². The molecule has 2 aliphatic heterocycles. The van der Waals surface area contributed by atoms with Crippen LogP contribution in [-0.2, 0) is 9.59 Å². The summed E-state index contributed by atoms with van der Waals surface area (Å²) < 4.78 is 0. The van der Waals surface area contributed by atoms with Gasteiger partial charge in [-0.05, 0) is 38.8 Å². The van der Waals surface area contributed by atoms with Crippen molar-refractivity contribution >= 4 is 12.4 Å². The second kappa shape index (κ2) is 4.60. The molecule has 2 fully saturated rings. The van der Waals surface area contributed by atoms with Crippen molar-refractivity contribution < 1.29 is 9.59 Å². The molecule has 0 N–H and O–H groups in total. The Morgan fingerprint density at radius 3 is 2.53 bits per heavy atom. The zero-order chi connectivity index (χ0) is 10.7. The minimum Gasteiger partial charge on any atom is -0.308 e. The van der Waals surface area contributed by atoms with Gasteiger partial charge < -0.3 is 4.90 Å². The largest absolute Gasteiger partial charge is 0.308 e. The monoisotopic (exact) mass is 208 g/mol. The summed E-state index contributed by atoms with van der Waals surface area (Å²) in [6.07, 6.45) is 5.11. The van der Waals surface area contributed by atoms with E-state index in [2.05, 4.69) is 4.90 Å². The number of carbonyl (C=O) groups is 1. The lowest BCUT2D eigenvalue weighted by Gasteiger charge is -2.36. The first-order chi connectivity index (χ1) is 7.36. The summed E-state index contributed by atoms with van der Waals surface area (Å²) in [5.74, 6) is 1.95. The predicted molar refractivity (Wildman–Crippen MR) is 55.8 cm³/mol. The Bertz CT molecular complexity index is 291. The fourth-order valence-electron chi connectivity index (χ4n) is 2.55. The van der Waals surface area contributed by atoms with Gasteiger partial charge in [0.05, 0.1) is 6.04 Å². The second-order valence-electron chi connectivity index (χ2n) is 4.19. The Morgan fingerprint density at radius 2 is 1.93 bits per heavy atom. The average molecular weight is 208 g/mol. The summed E-state index contributed by atoms with van der Waals surface area (Å²) in [6.45, 7) is 2.75. The number of rotatable bonds is 2. The highest BCUT2D eigenvalue weighted by atomic mass is 16.1. The fraction of sp³-hybridized carbons (Fsp3) is 0.727. The molecule has 1 amide bonds. The van der Waals surface area contributed by atoms with E-state index in [0.29, 0.717) is 12.2 Å². The van der Waals surface area contributed by atoms with E-state index in [0.717, 1.165) is 32.3 Å². The van der Waals surface area contributed by atoms with Gasteiger partial charge in [-0.15, -0.1) is 0 Å². The van der Waals surface area contributed by atoms with Crippen molar-refractivity contribution in [3.05, 3.63) is 5.70 Å². The van der Waals surface area contributed by atoms with Crippen LogP contribution >= 0.6 is 0 Å². The molecule has 2 heterocycles. The van der Waals surface area contributed by atoms with Gasteiger partial charge >= 0.3 is 0 Å². The van der Waals surface area contributed by atoms with Gasteiger partial charge in [-0.3, -0.25) is 9.69 Å². The van der Waals surface area contributed by atoms with E-state index in [1.54, 1.807) is 0 Å². The Balaban J connectivity index is 2.15. The maximum absolute atomic E-state index is 10.9. The average Bonchev–Trinajstić information content (AvgIpc) is 2.81. The first-order valence-corrected chi connectivity index (χ1v) is 5.58. The van der Waals surface area contributed by atoms with Gasteiger partial charge in [0.25, 0.3) is 0 Å². The molecule has 2 rings (SSSR count). The highest BCUT2D eigenvalue weighted by molar-refractivity contribution is 5.63. The lowest BCUT2D eigenvalue weighted by atomic mass is 10.0. The first kappa shape index (κ1) is 10.4. The molecule has 2 saturated heterocycles. The van der Waals surface area contributed by atoms with Gasteiger partial charge in [0.2, 0.25) is 6.41 Å². The molecular formula is C11H16N2O2. The van der Waals surface area contributed by atoms with Gasteiger partial charge in [-0.2, -0.15) is 0 Å². The zero-order valence-corrected chi connectivity index (χ0v) is 8.82. The topological polar surface area (TPSA) is 40.6 Å². The maximum atomic E-state index is 10.9. The fourth-order valence-corrected chi connectivity index (χ4v) is 2.55. The molecule has 0 aliphatic carbocycles. The van der Waals surface area contributed by atoms with Crippen molar-refractivity contribution in [3.8, 4) is 0 Å². The van der Waals surface area contributed by atoms with E-state index in [-0.39, 0.29) is 6.04 Å². The SMILES string of the molecule is O=C=C1C(N2CCCC2)CCCN1C=O. The van der Waals surface area contributed by atoms with Gasteiger partial charge in [-0.1, -0.05) is 0 Å². The zero-order valence-electron chi connectivity index (χ0n) is 8.82. The highest BCUT2D eigenvalue weighted by Gasteiger charge is 2.31. The van der Waals surface area contributed by atoms with Crippen molar-refractivity contribution in [1.82, 2.24) is 9.80 Å². The number of amides is 1. The van der Waals surface area contributed by atoms with E-state index in [1.807, 2.05) is 5.94 Å². The molecule has 0 radical (unpaired) electrons. The molecule has 0 aromatic carbocycles. The number of carbonyl (C=O) groups excluding carboxylic acids is 2. The summed E-state index contributed by atoms with van der Waals surface area (Å²) in [7, 11) is 0. The van der Waals surface area contributed by atoms with Crippen molar-refractivity contribution in [2.24, 2.45) is 0 Å². The number of hydrogen-bond donors (Lipinski definition) is 0. The van der Waals surface area contributed by atoms with Crippen LogP contribution in [0.15, 0.2) is 5.70 Å². The van der Waals surface area contributed by atoms with Crippen LogP contribution in [0.5, 0.6) is 0 Å². The molecular weight excluding hydrogens is 192 g/mol. The third kappa shape index (κ3) is 1.96. The van der Waals surface area contributed by atoms with E-state index < -0.39 is 0 Å². The van der Waals surface area contributed by atoms with Gasteiger partial charge in [-0.25, -0.2) is 4.79 Å². The van der Waals surface area contributed by atoms with Gasteiger partial charge in [0, 0.05) is 6.54 Å². The van der Waals surface area contributed by atoms with Crippen LogP contribution in [0.3, 0.4) is 0 Å². The van der Waals surface area contributed by atoms with Crippen LogP contribution in [0.25, 0.3) is 0 Å². The van der Waals surface area contributed by atoms with Crippen molar-refractivity contribution in [2.75, 3.05) is 19.6 Å². The van der Waals surface area contributed by atoms with E-state index >= 15 is 0 Å². The van der Waals surface area contributed by atoms with Crippen LogP contribution in [0.2, 0.25) is 0 Å². The lowest BCUT2D eigenvalue weighted by Crippen LogP contribution is -2.44. The Labute approximate surface area is 89.5 Å². The smallest absolute Gasteiger partial charge is 0.214 e. The molecule has 4 nitrogen and oxygen atoms in total. The van der Waals surface area contributed by atoms with Crippen LogP contribution in [0.1, 0.15) is 25.7 Å². The third-order valence-electron chi connectivity index (χ3n) is 3.31. The minimum absolute atomic E-state index is 0.129. The molecule has 2 aliphatic rings. The minimum atomic E-state index is 0.129. The van der Waals surface area contributed by atoms with Crippen LogP contribution in [0.4, 0.5) is 0 Å². The summed E-state index contributed by atoms with van der Waals surface area (Å²) in [5.41, 5.74) is 0.540. The van der Waals surface area contributed by atoms with Crippen LogP contribution in [-0.4, -0.2) is 47.8 Å². The molecule has 15 heavy (non-hydrogen) atoms. The number of piperidine rings is 1. The Hall–Kier alpha value is -1.12. The standard InChI is InChI=1S/C11H16N2O2/c14-8-11-10(12-5-1-2-6-12)4-3-7-13(11)9-15/h9-10H,1-7H2. The summed E-state index contributed by atoms with van der Waals surface area (Å²) in [4.78, 5) is 25.5. The van der Waals surface area contributed by atoms with E-state index in [4.69, 9.17) is 0 Å². The molecule has 82 valence electrons. The highest BCUT2D eigenvalue weighted by Crippen LogP contribution is 2.25. The Morgan fingerprint density at radius 1 is 1.20 bits per heavy atom. The number of hydrogen-bond acceptors (Lipinski definition) is 3. The van der Waals surface area contributed by atoms with E-state index in [9.17, 15) is 9.59 Å². The molecule has 0 spiro atoms. The second-order valence-corrected chi connectivity index (χ2v) is 4.19. The molecule has 1 atom stereocenters. The summed E-state index contributed by atoms with van der Waals surface area (Å²) >= 11 is 0. The Kier molecular flexibility index (Phi) is 3.19. The number of likely N-dealkylation sites (tertiary alicyclic amines) is 2. The predicted octanol–water partition coefficient (Wildman–Crippen LogP) is 0.418. The first-order valence-electron chi connectivity index (χ1n) is 5.58. The summed E-state index contributed by atoms with van der Waals surface area (Å²) in [5, 5.41) is 0. The quantitative estimate of drug-likeness (QED) is 0.488. The molecule has 1 unspecified atom stereocenters. The molecule has 4 heteroatoms.